The lowest BCUT2D eigenvalue weighted by Gasteiger charge is -2.33. The molecule has 25 heavy (non-hydrogen) atoms. The zero-order valence-electron chi connectivity index (χ0n) is 14.8. The third-order valence-electron chi connectivity index (χ3n) is 5.32. The van der Waals surface area contributed by atoms with Crippen LogP contribution in [0.15, 0.2) is 34.7 Å². The molecular formula is C20H25NO4. The zero-order chi connectivity index (χ0) is 18.0. The van der Waals surface area contributed by atoms with E-state index in [0.717, 1.165) is 29.6 Å². The summed E-state index contributed by atoms with van der Waals surface area (Å²) in [5, 5.41) is 10.3. The van der Waals surface area contributed by atoms with E-state index in [-0.39, 0.29) is 17.9 Å². The van der Waals surface area contributed by atoms with E-state index in [2.05, 4.69) is 0 Å². The quantitative estimate of drug-likeness (QED) is 0.882. The van der Waals surface area contributed by atoms with Crippen LogP contribution in [0.4, 0.5) is 0 Å². The molecule has 3 atom stereocenters. The largest absolute Gasteiger partial charge is 0.481 e. The molecule has 5 nitrogen and oxygen atoms in total. The summed E-state index contributed by atoms with van der Waals surface area (Å²) in [7, 11) is 0. The van der Waals surface area contributed by atoms with Crippen molar-refractivity contribution in [1.29, 1.82) is 0 Å². The lowest BCUT2D eigenvalue weighted by molar-refractivity contribution is -0.146. The van der Waals surface area contributed by atoms with Gasteiger partial charge in [-0.3, -0.25) is 9.59 Å². The number of nitrogens with zero attached hydrogens (tertiary/aromatic N) is 1. The SMILES string of the molecule is CCN(C(=O)C1CCCC(C(=O)O)C1)C(C)c1cc2ccccc2o1. The van der Waals surface area contributed by atoms with Gasteiger partial charge < -0.3 is 14.4 Å². The van der Waals surface area contributed by atoms with E-state index < -0.39 is 11.9 Å². The summed E-state index contributed by atoms with van der Waals surface area (Å²) in [4.78, 5) is 26.1. The Hall–Kier alpha value is -2.30. The van der Waals surface area contributed by atoms with Crippen LogP contribution in [-0.4, -0.2) is 28.4 Å². The predicted octanol–water partition coefficient (Wildman–Crippen LogP) is 4.23. The van der Waals surface area contributed by atoms with Crippen LogP contribution in [0.2, 0.25) is 0 Å². The maximum Gasteiger partial charge on any atom is 0.306 e. The molecule has 1 aliphatic carbocycles. The first-order valence-electron chi connectivity index (χ1n) is 9.03. The molecule has 0 aliphatic heterocycles. The van der Waals surface area contributed by atoms with Crippen molar-refractivity contribution < 1.29 is 19.1 Å². The number of rotatable bonds is 5. The molecule has 1 fully saturated rings. The molecule has 5 heteroatoms. The smallest absolute Gasteiger partial charge is 0.306 e. The summed E-state index contributed by atoms with van der Waals surface area (Å²) in [5.74, 6) is -0.584. The zero-order valence-corrected chi connectivity index (χ0v) is 14.8. The van der Waals surface area contributed by atoms with Gasteiger partial charge in [0.25, 0.3) is 0 Å². The van der Waals surface area contributed by atoms with Gasteiger partial charge in [0.05, 0.1) is 12.0 Å². The molecule has 1 saturated carbocycles. The Morgan fingerprint density at radius 1 is 1.28 bits per heavy atom. The third kappa shape index (κ3) is 3.55. The molecule has 0 radical (unpaired) electrons. The lowest BCUT2D eigenvalue weighted by Crippen LogP contribution is -2.40. The summed E-state index contributed by atoms with van der Waals surface area (Å²) in [5.41, 5.74) is 0.816. The first-order chi connectivity index (χ1) is 12.0. The Morgan fingerprint density at radius 3 is 2.68 bits per heavy atom. The molecule has 134 valence electrons. The minimum atomic E-state index is -0.786. The Labute approximate surface area is 147 Å². The Balaban J connectivity index is 1.78. The summed E-state index contributed by atoms with van der Waals surface area (Å²) in [6.07, 6.45) is 2.68. The molecule has 1 aromatic heterocycles. The van der Waals surface area contributed by atoms with Crippen molar-refractivity contribution in [1.82, 2.24) is 4.90 Å². The number of carboxylic acids is 1. The van der Waals surface area contributed by atoms with Gasteiger partial charge in [-0.25, -0.2) is 0 Å². The average Bonchev–Trinajstić information content (AvgIpc) is 3.06. The number of carboxylic acid groups (broad SMARTS) is 1. The molecule has 2 aromatic rings. The second-order valence-electron chi connectivity index (χ2n) is 6.89. The van der Waals surface area contributed by atoms with Crippen LogP contribution in [0.25, 0.3) is 11.0 Å². The Bertz CT molecular complexity index is 733. The van der Waals surface area contributed by atoms with E-state index in [1.165, 1.54) is 0 Å². The number of amides is 1. The van der Waals surface area contributed by atoms with Crippen LogP contribution in [0.5, 0.6) is 0 Å². The maximum atomic E-state index is 13.0. The van der Waals surface area contributed by atoms with Crippen LogP contribution in [-0.2, 0) is 9.59 Å². The van der Waals surface area contributed by atoms with Gasteiger partial charge in [-0.2, -0.15) is 0 Å². The molecule has 1 heterocycles. The summed E-state index contributed by atoms with van der Waals surface area (Å²) in [6, 6.07) is 9.61. The van der Waals surface area contributed by atoms with Crippen molar-refractivity contribution in [3.63, 3.8) is 0 Å². The van der Waals surface area contributed by atoms with Crippen molar-refractivity contribution in [2.75, 3.05) is 6.54 Å². The van der Waals surface area contributed by atoms with Gasteiger partial charge in [0.2, 0.25) is 5.91 Å². The molecule has 3 unspecified atom stereocenters. The molecule has 0 spiro atoms. The van der Waals surface area contributed by atoms with Crippen LogP contribution in [0.3, 0.4) is 0 Å². The van der Waals surface area contributed by atoms with Crippen molar-refractivity contribution in [3.05, 3.63) is 36.1 Å². The van der Waals surface area contributed by atoms with Crippen LogP contribution >= 0.6 is 0 Å². The fraction of sp³-hybridized carbons (Fsp3) is 0.500. The Kier molecular flexibility index (Phi) is 5.11. The van der Waals surface area contributed by atoms with Gasteiger partial charge in [-0.1, -0.05) is 24.6 Å². The number of fused-ring (bicyclic) bond motifs is 1. The third-order valence-corrected chi connectivity index (χ3v) is 5.32. The molecule has 1 N–H and O–H groups in total. The van der Waals surface area contributed by atoms with Gasteiger partial charge in [0, 0.05) is 17.8 Å². The minimum absolute atomic E-state index is 0.0430. The summed E-state index contributed by atoms with van der Waals surface area (Å²) >= 11 is 0. The van der Waals surface area contributed by atoms with E-state index in [4.69, 9.17) is 4.42 Å². The molecular weight excluding hydrogens is 318 g/mol. The lowest BCUT2D eigenvalue weighted by atomic mass is 9.80. The van der Waals surface area contributed by atoms with Crippen LogP contribution in [0, 0.1) is 11.8 Å². The predicted molar refractivity (Wildman–Crippen MR) is 95.1 cm³/mol. The summed E-state index contributed by atoms with van der Waals surface area (Å²) < 4.78 is 5.92. The van der Waals surface area contributed by atoms with E-state index >= 15 is 0 Å². The number of aliphatic carboxylic acids is 1. The highest BCUT2D eigenvalue weighted by molar-refractivity contribution is 5.81. The van der Waals surface area contributed by atoms with E-state index in [0.29, 0.717) is 19.4 Å². The van der Waals surface area contributed by atoms with Crippen LogP contribution in [0.1, 0.15) is 51.3 Å². The van der Waals surface area contributed by atoms with Gasteiger partial charge in [-0.15, -0.1) is 0 Å². The first-order valence-corrected chi connectivity index (χ1v) is 9.03. The van der Waals surface area contributed by atoms with E-state index in [9.17, 15) is 14.7 Å². The molecule has 0 saturated heterocycles. The molecule has 1 aliphatic rings. The number of para-hydroxylation sites is 1. The molecule has 0 bridgehead atoms. The number of furan rings is 1. The van der Waals surface area contributed by atoms with Gasteiger partial charge >= 0.3 is 5.97 Å². The topological polar surface area (TPSA) is 70.8 Å². The number of carbonyl (C=O) groups excluding carboxylic acids is 1. The number of benzene rings is 1. The van der Waals surface area contributed by atoms with Gasteiger partial charge in [0.1, 0.15) is 11.3 Å². The van der Waals surface area contributed by atoms with Crippen molar-refractivity contribution in [2.24, 2.45) is 11.8 Å². The van der Waals surface area contributed by atoms with Gasteiger partial charge in [0.15, 0.2) is 0 Å². The van der Waals surface area contributed by atoms with Gasteiger partial charge in [-0.05, 0) is 45.2 Å². The second kappa shape index (κ2) is 7.30. The van der Waals surface area contributed by atoms with Crippen molar-refractivity contribution in [2.45, 2.75) is 45.6 Å². The molecule has 1 amide bonds. The monoisotopic (exact) mass is 343 g/mol. The number of carbonyl (C=O) groups is 2. The van der Waals surface area contributed by atoms with Crippen LogP contribution < -0.4 is 0 Å². The standard InChI is InChI=1S/C20H25NO4/c1-3-21(19(22)15-8-6-9-16(11-15)20(23)24)13(2)18-12-14-7-4-5-10-17(14)25-18/h4-5,7,10,12-13,15-16H,3,6,8-9,11H2,1-2H3,(H,23,24). The maximum absolute atomic E-state index is 13.0. The summed E-state index contributed by atoms with van der Waals surface area (Å²) in [6.45, 7) is 4.50. The highest BCUT2D eigenvalue weighted by Crippen LogP contribution is 2.34. The average molecular weight is 343 g/mol. The Morgan fingerprint density at radius 2 is 2.00 bits per heavy atom. The first kappa shape index (κ1) is 17.5. The second-order valence-corrected chi connectivity index (χ2v) is 6.89. The van der Waals surface area contributed by atoms with E-state index in [1.807, 2.05) is 49.1 Å². The fourth-order valence-corrected chi connectivity index (χ4v) is 3.86. The minimum Gasteiger partial charge on any atom is -0.481 e. The molecule has 1 aromatic carbocycles. The normalized spacial score (nSPS) is 21.8. The highest BCUT2D eigenvalue weighted by atomic mass is 16.4. The van der Waals surface area contributed by atoms with E-state index in [1.54, 1.807) is 0 Å². The molecule has 3 rings (SSSR count). The van der Waals surface area contributed by atoms with Crippen molar-refractivity contribution in [3.8, 4) is 0 Å². The van der Waals surface area contributed by atoms with Crippen molar-refractivity contribution >= 4 is 22.8 Å². The number of hydrogen-bond acceptors (Lipinski definition) is 3. The number of hydrogen-bond donors (Lipinski definition) is 1. The fourth-order valence-electron chi connectivity index (χ4n) is 3.86. The highest BCUT2D eigenvalue weighted by Gasteiger charge is 2.35.